The number of anilines is 1. The van der Waals surface area contributed by atoms with Gasteiger partial charge in [0.2, 0.25) is 0 Å². The molecule has 84 valence electrons. The molecular formula is C13H10N2S2. The molecule has 3 aromatic rings. The van der Waals surface area contributed by atoms with Crippen molar-refractivity contribution in [2.45, 2.75) is 10.3 Å². The molecule has 0 fully saturated rings. The number of aromatic amines is 1. The van der Waals surface area contributed by atoms with Crippen LogP contribution in [0.2, 0.25) is 0 Å². The molecular weight excluding hydrogens is 248 g/mol. The minimum atomic E-state index is 0.324. The molecule has 0 spiro atoms. The molecule has 0 bridgehead atoms. The Morgan fingerprint density at radius 1 is 1.12 bits per heavy atom. The number of thiophene rings is 1. The molecule has 1 unspecified atom stereocenters. The lowest BCUT2D eigenvalue weighted by atomic mass is 10.2. The van der Waals surface area contributed by atoms with Gasteiger partial charge in [-0.3, -0.25) is 0 Å². The van der Waals surface area contributed by atoms with E-state index < -0.39 is 0 Å². The van der Waals surface area contributed by atoms with Crippen molar-refractivity contribution in [1.82, 2.24) is 4.98 Å². The minimum absolute atomic E-state index is 0.324. The van der Waals surface area contributed by atoms with Gasteiger partial charge in [0.25, 0.3) is 0 Å². The predicted octanol–water partition coefficient (Wildman–Crippen LogP) is 4.45. The van der Waals surface area contributed by atoms with Crippen LogP contribution in [0.4, 0.5) is 5.00 Å². The molecule has 1 aliphatic rings. The second-order valence-electron chi connectivity index (χ2n) is 4.07. The van der Waals surface area contributed by atoms with Crippen LogP contribution in [0, 0.1) is 0 Å². The van der Waals surface area contributed by atoms with Gasteiger partial charge in [-0.15, -0.1) is 11.3 Å². The van der Waals surface area contributed by atoms with E-state index in [1.165, 1.54) is 26.5 Å². The highest BCUT2D eigenvalue weighted by Crippen LogP contribution is 2.49. The van der Waals surface area contributed by atoms with E-state index in [1.54, 1.807) is 11.3 Å². The summed E-state index contributed by atoms with van der Waals surface area (Å²) in [5.74, 6) is 0. The van der Waals surface area contributed by atoms with Crippen LogP contribution >= 0.6 is 23.1 Å². The molecule has 0 saturated carbocycles. The third kappa shape index (κ3) is 1.48. The molecule has 2 nitrogen and oxygen atoms in total. The smallest absolute Gasteiger partial charge is 0.118 e. The Bertz CT molecular complexity index is 630. The van der Waals surface area contributed by atoms with Crippen molar-refractivity contribution >= 4 is 39.0 Å². The van der Waals surface area contributed by atoms with Crippen LogP contribution in [0.15, 0.2) is 46.7 Å². The predicted molar refractivity (Wildman–Crippen MR) is 74.8 cm³/mol. The summed E-state index contributed by atoms with van der Waals surface area (Å²) < 4.78 is 0. The molecule has 2 aromatic heterocycles. The molecule has 17 heavy (non-hydrogen) atoms. The Morgan fingerprint density at radius 2 is 2.06 bits per heavy atom. The van der Waals surface area contributed by atoms with Crippen LogP contribution in [0.25, 0.3) is 10.9 Å². The maximum absolute atomic E-state index is 3.54. The van der Waals surface area contributed by atoms with Crippen molar-refractivity contribution < 1.29 is 0 Å². The molecule has 1 atom stereocenters. The molecule has 1 aromatic carbocycles. The van der Waals surface area contributed by atoms with Crippen molar-refractivity contribution in [3.63, 3.8) is 0 Å². The molecule has 1 aliphatic heterocycles. The SMILES string of the molecule is c1ccc2[nH]c(C3Nc4sccc4S3)cc2c1. The molecule has 4 rings (SSSR count). The molecule has 2 N–H and O–H groups in total. The van der Waals surface area contributed by atoms with Gasteiger partial charge in [-0.1, -0.05) is 30.0 Å². The normalized spacial score (nSPS) is 18.2. The van der Waals surface area contributed by atoms with E-state index in [0.717, 1.165) is 0 Å². The number of H-pyrrole nitrogens is 1. The fourth-order valence-corrected chi connectivity index (χ4v) is 4.31. The number of hydrogen-bond acceptors (Lipinski definition) is 3. The van der Waals surface area contributed by atoms with E-state index in [9.17, 15) is 0 Å². The number of fused-ring (bicyclic) bond motifs is 2. The largest absolute Gasteiger partial charge is 0.359 e. The summed E-state index contributed by atoms with van der Waals surface area (Å²) in [5, 5.41) is 8.57. The van der Waals surface area contributed by atoms with Gasteiger partial charge in [-0.25, -0.2) is 0 Å². The summed E-state index contributed by atoms with van der Waals surface area (Å²) in [5.41, 5.74) is 2.46. The van der Waals surface area contributed by atoms with Gasteiger partial charge in [0, 0.05) is 16.1 Å². The van der Waals surface area contributed by atoms with Gasteiger partial charge >= 0.3 is 0 Å². The first kappa shape index (κ1) is 9.62. The lowest BCUT2D eigenvalue weighted by Crippen LogP contribution is -2.00. The number of rotatable bonds is 1. The topological polar surface area (TPSA) is 27.8 Å². The highest BCUT2D eigenvalue weighted by Gasteiger charge is 2.24. The van der Waals surface area contributed by atoms with E-state index >= 15 is 0 Å². The average Bonchev–Trinajstić information content (AvgIpc) is 3.01. The van der Waals surface area contributed by atoms with Crippen molar-refractivity contribution in [3.05, 3.63) is 47.5 Å². The summed E-state index contributed by atoms with van der Waals surface area (Å²) in [7, 11) is 0. The number of hydrogen-bond donors (Lipinski definition) is 2. The summed E-state index contributed by atoms with van der Waals surface area (Å²) in [6.45, 7) is 0. The Kier molecular flexibility index (Phi) is 2.01. The standard InChI is InChI=1S/C13H10N2S2/c1-2-4-9-8(3-1)7-10(14-9)12-15-13-11(17-12)5-6-16-13/h1-7,12,14-15H. The fraction of sp³-hybridized carbons (Fsp3) is 0.0769. The highest BCUT2D eigenvalue weighted by molar-refractivity contribution is 8.00. The van der Waals surface area contributed by atoms with Crippen molar-refractivity contribution in [3.8, 4) is 0 Å². The van der Waals surface area contributed by atoms with Crippen LogP contribution in [0.1, 0.15) is 11.1 Å². The van der Waals surface area contributed by atoms with Gasteiger partial charge in [0.1, 0.15) is 10.4 Å². The Hall–Kier alpha value is -1.39. The zero-order chi connectivity index (χ0) is 11.2. The van der Waals surface area contributed by atoms with Crippen LogP contribution in [-0.2, 0) is 0 Å². The number of thioether (sulfide) groups is 1. The Labute approximate surface area is 107 Å². The van der Waals surface area contributed by atoms with Crippen LogP contribution in [-0.4, -0.2) is 4.98 Å². The fourth-order valence-electron chi connectivity index (χ4n) is 2.15. The maximum atomic E-state index is 3.54. The van der Waals surface area contributed by atoms with Gasteiger partial charge in [-0.05, 0) is 29.0 Å². The van der Waals surface area contributed by atoms with Crippen molar-refractivity contribution in [2.75, 3.05) is 5.32 Å². The lowest BCUT2D eigenvalue weighted by Gasteiger charge is -2.07. The second kappa shape index (κ2) is 3.55. The van der Waals surface area contributed by atoms with E-state index in [1.807, 2.05) is 11.8 Å². The summed E-state index contributed by atoms with van der Waals surface area (Å²) >= 11 is 3.65. The summed E-state index contributed by atoms with van der Waals surface area (Å²) in [6, 6.07) is 12.8. The number of benzene rings is 1. The third-order valence-corrected chi connectivity index (χ3v) is 5.15. The number of aromatic nitrogens is 1. The lowest BCUT2D eigenvalue weighted by molar-refractivity contribution is 1.08. The Balaban J connectivity index is 1.74. The zero-order valence-corrected chi connectivity index (χ0v) is 10.6. The number of nitrogens with one attached hydrogen (secondary N) is 2. The molecule has 0 radical (unpaired) electrons. The van der Waals surface area contributed by atoms with Crippen LogP contribution in [0.5, 0.6) is 0 Å². The Morgan fingerprint density at radius 3 is 2.94 bits per heavy atom. The second-order valence-corrected chi connectivity index (χ2v) is 6.13. The molecule has 0 saturated heterocycles. The van der Waals surface area contributed by atoms with Crippen LogP contribution < -0.4 is 5.32 Å². The first-order chi connectivity index (χ1) is 8.40. The first-order valence-electron chi connectivity index (χ1n) is 5.48. The highest BCUT2D eigenvalue weighted by atomic mass is 32.2. The van der Waals surface area contributed by atoms with E-state index in [-0.39, 0.29) is 0 Å². The van der Waals surface area contributed by atoms with Gasteiger partial charge in [0.05, 0.1) is 0 Å². The van der Waals surface area contributed by atoms with E-state index in [0.29, 0.717) is 5.37 Å². The first-order valence-corrected chi connectivity index (χ1v) is 7.24. The maximum Gasteiger partial charge on any atom is 0.118 e. The zero-order valence-electron chi connectivity index (χ0n) is 8.94. The molecule has 4 heteroatoms. The van der Waals surface area contributed by atoms with Gasteiger partial charge in [0.15, 0.2) is 0 Å². The molecule has 3 heterocycles. The van der Waals surface area contributed by atoms with Crippen molar-refractivity contribution in [1.29, 1.82) is 0 Å². The van der Waals surface area contributed by atoms with Crippen LogP contribution in [0.3, 0.4) is 0 Å². The van der Waals surface area contributed by atoms with Gasteiger partial charge < -0.3 is 10.3 Å². The minimum Gasteiger partial charge on any atom is -0.359 e. The number of para-hydroxylation sites is 1. The summed E-state index contributed by atoms with van der Waals surface area (Å²) in [4.78, 5) is 4.84. The third-order valence-electron chi connectivity index (χ3n) is 2.97. The van der Waals surface area contributed by atoms with E-state index in [4.69, 9.17) is 0 Å². The summed E-state index contributed by atoms with van der Waals surface area (Å²) in [6.07, 6.45) is 0. The van der Waals surface area contributed by atoms with Crippen molar-refractivity contribution in [2.24, 2.45) is 0 Å². The quantitative estimate of drug-likeness (QED) is 0.675. The monoisotopic (exact) mass is 258 g/mol. The molecule has 0 amide bonds. The average molecular weight is 258 g/mol. The molecule has 0 aliphatic carbocycles. The van der Waals surface area contributed by atoms with E-state index in [2.05, 4.69) is 52.1 Å². The van der Waals surface area contributed by atoms with Gasteiger partial charge in [-0.2, -0.15) is 0 Å².